The van der Waals surface area contributed by atoms with E-state index in [9.17, 15) is 9.59 Å². The van der Waals surface area contributed by atoms with Crippen LogP contribution >= 0.6 is 0 Å². The number of nitrogens with one attached hydrogen (secondary N) is 1. The second-order valence-electron chi connectivity index (χ2n) is 5.85. The molecule has 0 aliphatic carbocycles. The van der Waals surface area contributed by atoms with Crippen LogP contribution < -0.4 is 5.32 Å². The van der Waals surface area contributed by atoms with E-state index in [4.69, 9.17) is 4.74 Å². The van der Waals surface area contributed by atoms with Gasteiger partial charge in [0.1, 0.15) is 6.61 Å². The topological polar surface area (TPSA) is 55.4 Å². The highest BCUT2D eigenvalue weighted by Gasteiger charge is 2.22. The molecule has 3 atom stereocenters. The third-order valence-corrected chi connectivity index (χ3v) is 3.91. The molecule has 2 rings (SSSR count). The molecule has 0 aromatic heterocycles. The Morgan fingerprint density at radius 1 is 1.00 bits per heavy atom. The Balaban J connectivity index is 2.19. The van der Waals surface area contributed by atoms with Crippen LogP contribution in [0.1, 0.15) is 38.3 Å². The van der Waals surface area contributed by atoms with E-state index < -0.39 is 0 Å². The van der Waals surface area contributed by atoms with Crippen molar-refractivity contribution in [1.29, 1.82) is 0 Å². The highest BCUT2D eigenvalue weighted by molar-refractivity contribution is 5.79. The standard InChI is InChI=1S/C18H23NO3/c1-13-8-6-7-9-14(2)18(21)22-12-16(19-17(13)20)15-10-4-3-5-11-15/h3-7,10-11,13-14,16H,8-9,12H2,1-2H3,(H,19,20)/b7-6+/t13-,14+,16-/m0/s1. The number of hydrogen-bond acceptors (Lipinski definition) is 3. The van der Waals surface area contributed by atoms with Gasteiger partial charge in [-0.2, -0.15) is 0 Å². The molecule has 1 aliphatic heterocycles. The molecule has 0 fully saturated rings. The van der Waals surface area contributed by atoms with E-state index in [1.165, 1.54) is 0 Å². The number of ether oxygens (including phenoxy) is 1. The molecular weight excluding hydrogens is 278 g/mol. The summed E-state index contributed by atoms with van der Waals surface area (Å²) in [6, 6.07) is 9.29. The van der Waals surface area contributed by atoms with Gasteiger partial charge in [0.2, 0.25) is 5.91 Å². The number of cyclic esters (lactones) is 1. The number of rotatable bonds is 1. The first-order valence-corrected chi connectivity index (χ1v) is 7.75. The Labute approximate surface area is 131 Å². The highest BCUT2D eigenvalue weighted by Crippen LogP contribution is 2.17. The first-order valence-electron chi connectivity index (χ1n) is 7.75. The van der Waals surface area contributed by atoms with Crippen LogP contribution in [0.15, 0.2) is 42.5 Å². The minimum Gasteiger partial charge on any atom is -0.463 e. The van der Waals surface area contributed by atoms with Gasteiger partial charge in [-0.1, -0.05) is 56.3 Å². The molecule has 1 aliphatic rings. The normalized spacial score (nSPS) is 28.7. The molecule has 1 N–H and O–H groups in total. The van der Waals surface area contributed by atoms with Gasteiger partial charge in [-0.15, -0.1) is 0 Å². The zero-order valence-corrected chi connectivity index (χ0v) is 13.1. The number of esters is 1. The van der Waals surface area contributed by atoms with Gasteiger partial charge in [0.15, 0.2) is 0 Å². The fraction of sp³-hybridized carbons (Fsp3) is 0.444. The van der Waals surface area contributed by atoms with Crippen molar-refractivity contribution >= 4 is 11.9 Å². The van der Waals surface area contributed by atoms with E-state index >= 15 is 0 Å². The van der Waals surface area contributed by atoms with E-state index in [0.29, 0.717) is 12.8 Å². The van der Waals surface area contributed by atoms with Crippen LogP contribution in [0.5, 0.6) is 0 Å². The van der Waals surface area contributed by atoms with Crippen LogP contribution in [0.3, 0.4) is 0 Å². The second-order valence-corrected chi connectivity index (χ2v) is 5.85. The van der Waals surface area contributed by atoms with Crippen molar-refractivity contribution in [2.24, 2.45) is 11.8 Å². The van der Waals surface area contributed by atoms with Crippen LogP contribution in [0.2, 0.25) is 0 Å². The summed E-state index contributed by atoms with van der Waals surface area (Å²) < 4.78 is 5.39. The van der Waals surface area contributed by atoms with E-state index in [1.807, 2.05) is 56.3 Å². The van der Waals surface area contributed by atoms with Crippen molar-refractivity contribution in [3.05, 3.63) is 48.0 Å². The largest absolute Gasteiger partial charge is 0.463 e. The van der Waals surface area contributed by atoms with Gasteiger partial charge in [0, 0.05) is 5.92 Å². The van der Waals surface area contributed by atoms with E-state index in [2.05, 4.69) is 5.32 Å². The first kappa shape index (κ1) is 16.3. The first-order chi connectivity index (χ1) is 10.6. The van der Waals surface area contributed by atoms with E-state index in [-0.39, 0.29) is 36.4 Å². The fourth-order valence-electron chi connectivity index (χ4n) is 2.33. The van der Waals surface area contributed by atoms with Crippen molar-refractivity contribution in [3.63, 3.8) is 0 Å². The van der Waals surface area contributed by atoms with Gasteiger partial charge in [-0.25, -0.2) is 0 Å². The third-order valence-electron chi connectivity index (χ3n) is 3.91. The smallest absolute Gasteiger partial charge is 0.309 e. The zero-order valence-electron chi connectivity index (χ0n) is 13.1. The average Bonchev–Trinajstić information content (AvgIpc) is 2.54. The Bertz CT molecular complexity index is 539. The summed E-state index contributed by atoms with van der Waals surface area (Å²) in [6.07, 6.45) is 5.23. The second kappa shape index (κ2) is 7.78. The maximum absolute atomic E-state index is 12.3. The molecule has 4 nitrogen and oxygen atoms in total. The highest BCUT2D eigenvalue weighted by atomic mass is 16.5. The molecule has 0 radical (unpaired) electrons. The van der Waals surface area contributed by atoms with Crippen molar-refractivity contribution < 1.29 is 14.3 Å². The SMILES string of the molecule is C[C@@H]1C/C=C/C[C@H](C)C(=O)N[C@H](c2ccccc2)COC1=O. The predicted molar refractivity (Wildman–Crippen MR) is 85.0 cm³/mol. The van der Waals surface area contributed by atoms with Crippen molar-refractivity contribution in [3.8, 4) is 0 Å². The molecule has 0 unspecified atom stereocenters. The zero-order chi connectivity index (χ0) is 15.9. The number of benzene rings is 1. The molecule has 0 saturated carbocycles. The van der Waals surface area contributed by atoms with Gasteiger partial charge < -0.3 is 10.1 Å². The summed E-state index contributed by atoms with van der Waals surface area (Å²) in [5.41, 5.74) is 0.941. The van der Waals surface area contributed by atoms with Crippen molar-refractivity contribution in [2.45, 2.75) is 32.7 Å². The number of allylic oxidation sites excluding steroid dienone is 2. The molecular formula is C18H23NO3. The molecule has 1 aromatic rings. The van der Waals surface area contributed by atoms with Crippen LogP contribution in [0, 0.1) is 11.8 Å². The van der Waals surface area contributed by atoms with Gasteiger partial charge in [-0.3, -0.25) is 9.59 Å². The van der Waals surface area contributed by atoms with Gasteiger partial charge >= 0.3 is 5.97 Å². The predicted octanol–water partition coefficient (Wildman–Crippen LogP) is 3.01. The molecule has 118 valence electrons. The molecule has 1 amide bonds. The fourth-order valence-corrected chi connectivity index (χ4v) is 2.33. The lowest BCUT2D eigenvalue weighted by molar-refractivity contribution is -0.149. The van der Waals surface area contributed by atoms with E-state index in [1.54, 1.807) is 0 Å². The Kier molecular flexibility index (Phi) is 5.75. The van der Waals surface area contributed by atoms with Gasteiger partial charge in [0.05, 0.1) is 12.0 Å². The molecule has 22 heavy (non-hydrogen) atoms. The molecule has 0 bridgehead atoms. The monoisotopic (exact) mass is 301 g/mol. The minimum absolute atomic E-state index is 0.0248. The lowest BCUT2D eigenvalue weighted by atomic mass is 10.0. The maximum Gasteiger partial charge on any atom is 0.309 e. The Hall–Kier alpha value is -2.10. The quantitative estimate of drug-likeness (QED) is 0.641. The molecule has 0 saturated heterocycles. The molecule has 1 aromatic carbocycles. The van der Waals surface area contributed by atoms with Crippen LogP contribution in [-0.4, -0.2) is 18.5 Å². The Morgan fingerprint density at radius 3 is 2.32 bits per heavy atom. The molecule has 4 heteroatoms. The van der Waals surface area contributed by atoms with Crippen LogP contribution in [0.4, 0.5) is 0 Å². The number of carbonyl (C=O) groups excluding carboxylic acids is 2. The summed E-state index contributed by atoms with van der Waals surface area (Å²) in [6.45, 7) is 3.93. The van der Waals surface area contributed by atoms with Crippen LogP contribution in [-0.2, 0) is 14.3 Å². The average molecular weight is 301 g/mol. The lowest BCUT2D eigenvalue weighted by Crippen LogP contribution is -2.36. The molecule has 0 spiro atoms. The van der Waals surface area contributed by atoms with Gasteiger partial charge in [-0.05, 0) is 18.4 Å². The van der Waals surface area contributed by atoms with Crippen molar-refractivity contribution in [2.75, 3.05) is 6.61 Å². The Morgan fingerprint density at radius 2 is 1.64 bits per heavy atom. The number of carbonyl (C=O) groups is 2. The summed E-state index contributed by atoms with van der Waals surface area (Å²) in [5, 5.41) is 2.99. The summed E-state index contributed by atoms with van der Waals surface area (Å²) >= 11 is 0. The lowest BCUT2D eigenvalue weighted by Gasteiger charge is -2.22. The van der Waals surface area contributed by atoms with E-state index in [0.717, 1.165) is 5.56 Å². The summed E-state index contributed by atoms with van der Waals surface area (Å²) in [7, 11) is 0. The summed E-state index contributed by atoms with van der Waals surface area (Å²) in [5.74, 6) is -0.525. The minimum atomic E-state index is -0.310. The number of hydrogen-bond donors (Lipinski definition) is 1. The third kappa shape index (κ3) is 4.45. The van der Waals surface area contributed by atoms with Crippen molar-refractivity contribution in [1.82, 2.24) is 5.32 Å². The summed E-state index contributed by atoms with van der Waals surface area (Å²) in [4.78, 5) is 24.3. The number of amides is 1. The molecule has 1 heterocycles. The maximum atomic E-state index is 12.3. The van der Waals surface area contributed by atoms with Gasteiger partial charge in [0.25, 0.3) is 0 Å². The van der Waals surface area contributed by atoms with Crippen LogP contribution in [0.25, 0.3) is 0 Å².